The Morgan fingerprint density at radius 3 is 3.00 bits per heavy atom. The van der Waals surface area contributed by atoms with Gasteiger partial charge in [-0.3, -0.25) is 14.9 Å². The summed E-state index contributed by atoms with van der Waals surface area (Å²) in [4.78, 5) is 22.3. The number of aliphatic hydroxyl groups excluding tert-OH is 1. The Hall–Kier alpha value is -0.980. The number of rotatable bonds is 8. The van der Waals surface area contributed by atoms with Crippen molar-refractivity contribution < 1.29 is 19.4 Å². The van der Waals surface area contributed by atoms with Gasteiger partial charge < -0.3 is 15.2 Å². The lowest BCUT2D eigenvalue weighted by atomic mass is 10.1. The molecule has 1 fully saturated rings. The van der Waals surface area contributed by atoms with Gasteiger partial charge in [-0.15, -0.1) is 0 Å². The van der Waals surface area contributed by atoms with E-state index in [4.69, 9.17) is 4.74 Å². The van der Waals surface area contributed by atoms with Crippen molar-refractivity contribution in [3.63, 3.8) is 0 Å². The maximum atomic E-state index is 11.4. The third kappa shape index (κ3) is 5.57. The van der Waals surface area contributed by atoms with Crippen LogP contribution in [0.25, 0.3) is 0 Å². The van der Waals surface area contributed by atoms with Gasteiger partial charge in [-0.25, -0.2) is 0 Å². The van der Waals surface area contributed by atoms with Crippen LogP contribution < -0.4 is 10.6 Å². The Morgan fingerprint density at radius 2 is 2.33 bits per heavy atom. The zero-order chi connectivity index (χ0) is 13.4. The highest BCUT2D eigenvalue weighted by molar-refractivity contribution is 6.00. The second-order valence-electron chi connectivity index (χ2n) is 4.49. The van der Waals surface area contributed by atoms with Gasteiger partial charge in [-0.2, -0.15) is 0 Å². The number of hydrogen-bond donors (Lipinski definition) is 3. The van der Waals surface area contributed by atoms with Crippen LogP contribution in [-0.4, -0.2) is 48.8 Å². The SMILES string of the molecule is CCCCOCC(O)CNC1CCC(=O)NC1=O. The van der Waals surface area contributed by atoms with Crippen molar-refractivity contribution in [3.8, 4) is 0 Å². The first-order chi connectivity index (χ1) is 8.63. The van der Waals surface area contributed by atoms with Crippen LogP contribution in [0.1, 0.15) is 32.6 Å². The van der Waals surface area contributed by atoms with Crippen molar-refractivity contribution in [2.75, 3.05) is 19.8 Å². The molecule has 2 atom stereocenters. The molecule has 1 aliphatic heterocycles. The minimum atomic E-state index is -0.632. The summed E-state index contributed by atoms with van der Waals surface area (Å²) in [5.74, 6) is -0.549. The molecule has 1 saturated heterocycles. The second-order valence-corrected chi connectivity index (χ2v) is 4.49. The quantitative estimate of drug-likeness (QED) is 0.406. The molecular weight excluding hydrogens is 236 g/mol. The van der Waals surface area contributed by atoms with Crippen molar-refractivity contribution in [2.45, 2.75) is 44.8 Å². The Balaban J connectivity index is 2.12. The molecule has 3 N–H and O–H groups in total. The van der Waals surface area contributed by atoms with E-state index in [1.54, 1.807) is 0 Å². The zero-order valence-electron chi connectivity index (χ0n) is 10.8. The molecular formula is C12H22N2O4. The Labute approximate surface area is 107 Å². The van der Waals surface area contributed by atoms with E-state index in [9.17, 15) is 14.7 Å². The molecule has 6 nitrogen and oxygen atoms in total. The van der Waals surface area contributed by atoms with Gasteiger partial charge in [-0.1, -0.05) is 13.3 Å². The largest absolute Gasteiger partial charge is 0.389 e. The topological polar surface area (TPSA) is 87.7 Å². The average Bonchev–Trinajstić information content (AvgIpc) is 2.33. The maximum absolute atomic E-state index is 11.4. The number of hydrogen-bond acceptors (Lipinski definition) is 5. The van der Waals surface area contributed by atoms with Crippen LogP contribution in [0.15, 0.2) is 0 Å². The first kappa shape index (κ1) is 15.1. The van der Waals surface area contributed by atoms with E-state index in [1.165, 1.54) is 0 Å². The molecule has 0 aromatic rings. The molecule has 6 heteroatoms. The number of nitrogens with one attached hydrogen (secondary N) is 2. The maximum Gasteiger partial charge on any atom is 0.243 e. The molecule has 1 heterocycles. The number of carbonyl (C=O) groups excluding carboxylic acids is 2. The van der Waals surface area contributed by atoms with Crippen molar-refractivity contribution in [2.24, 2.45) is 0 Å². The van der Waals surface area contributed by atoms with Crippen molar-refractivity contribution in [1.82, 2.24) is 10.6 Å². The molecule has 0 saturated carbocycles. The number of ether oxygens (including phenoxy) is 1. The molecule has 0 aromatic heterocycles. The van der Waals surface area contributed by atoms with E-state index in [0.717, 1.165) is 12.8 Å². The molecule has 104 valence electrons. The molecule has 0 spiro atoms. The summed E-state index contributed by atoms with van der Waals surface area (Å²) in [6.07, 6.45) is 2.23. The number of amides is 2. The Kier molecular flexibility index (Phi) is 6.85. The molecule has 0 aliphatic carbocycles. The fraction of sp³-hybridized carbons (Fsp3) is 0.833. The lowest BCUT2D eigenvalue weighted by Crippen LogP contribution is -2.52. The standard InChI is InChI=1S/C12H22N2O4/c1-2-3-6-18-8-9(15)7-13-10-4-5-11(16)14-12(10)17/h9-10,13,15H,2-8H2,1H3,(H,14,16,17). The normalized spacial score (nSPS) is 21.8. The minimum Gasteiger partial charge on any atom is -0.389 e. The fourth-order valence-corrected chi connectivity index (χ4v) is 1.69. The number of aliphatic hydroxyl groups is 1. The van der Waals surface area contributed by atoms with Gasteiger partial charge in [0, 0.05) is 19.6 Å². The smallest absolute Gasteiger partial charge is 0.243 e. The lowest BCUT2D eigenvalue weighted by molar-refractivity contribution is -0.134. The fourth-order valence-electron chi connectivity index (χ4n) is 1.69. The van der Waals surface area contributed by atoms with E-state index in [0.29, 0.717) is 26.0 Å². The molecule has 1 aliphatic rings. The van der Waals surface area contributed by atoms with Crippen LogP contribution in [0.5, 0.6) is 0 Å². The Morgan fingerprint density at radius 1 is 1.56 bits per heavy atom. The number of carbonyl (C=O) groups is 2. The van der Waals surface area contributed by atoms with Crippen LogP contribution in [0.2, 0.25) is 0 Å². The van der Waals surface area contributed by atoms with E-state index < -0.39 is 12.1 Å². The van der Waals surface area contributed by atoms with E-state index in [2.05, 4.69) is 17.6 Å². The Bertz CT molecular complexity index is 283. The predicted octanol–water partition coefficient (Wildman–Crippen LogP) is -0.441. The molecule has 2 unspecified atom stereocenters. The van der Waals surface area contributed by atoms with Gasteiger partial charge in [0.25, 0.3) is 0 Å². The highest BCUT2D eigenvalue weighted by Crippen LogP contribution is 2.04. The van der Waals surface area contributed by atoms with E-state index >= 15 is 0 Å². The van der Waals surface area contributed by atoms with Crippen molar-refractivity contribution >= 4 is 11.8 Å². The summed E-state index contributed by atoms with van der Waals surface area (Å²) in [6, 6.07) is -0.395. The van der Waals surface area contributed by atoms with Crippen molar-refractivity contribution in [3.05, 3.63) is 0 Å². The molecule has 18 heavy (non-hydrogen) atoms. The molecule has 0 radical (unpaired) electrons. The van der Waals surface area contributed by atoms with E-state index in [-0.39, 0.29) is 18.4 Å². The number of unbranched alkanes of at least 4 members (excludes halogenated alkanes) is 1. The molecule has 0 bridgehead atoms. The molecule has 1 rings (SSSR count). The second kappa shape index (κ2) is 8.18. The zero-order valence-corrected chi connectivity index (χ0v) is 10.8. The van der Waals surface area contributed by atoms with Crippen LogP contribution in [0.4, 0.5) is 0 Å². The monoisotopic (exact) mass is 258 g/mol. The first-order valence-corrected chi connectivity index (χ1v) is 6.46. The van der Waals surface area contributed by atoms with Crippen LogP contribution >= 0.6 is 0 Å². The van der Waals surface area contributed by atoms with E-state index in [1.807, 2.05) is 0 Å². The van der Waals surface area contributed by atoms with Crippen LogP contribution in [0, 0.1) is 0 Å². The van der Waals surface area contributed by atoms with Gasteiger partial charge in [-0.05, 0) is 12.8 Å². The van der Waals surface area contributed by atoms with Gasteiger partial charge in [0.2, 0.25) is 11.8 Å². The van der Waals surface area contributed by atoms with Gasteiger partial charge in [0.1, 0.15) is 0 Å². The minimum absolute atomic E-state index is 0.235. The highest BCUT2D eigenvalue weighted by atomic mass is 16.5. The van der Waals surface area contributed by atoms with Gasteiger partial charge in [0.05, 0.1) is 18.8 Å². The number of imide groups is 1. The van der Waals surface area contributed by atoms with Gasteiger partial charge >= 0.3 is 0 Å². The van der Waals surface area contributed by atoms with Crippen LogP contribution in [0.3, 0.4) is 0 Å². The highest BCUT2D eigenvalue weighted by Gasteiger charge is 2.26. The predicted molar refractivity (Wildman–Crippen MR) is 65.9 cm³/mol. The summed E-state index contributed by atoms with van der Waals surface area (Å²) < 4.78 is 5.27. The summed E-state index contributed by atoms with van der Waals surface area (Å²) in [6.45, 7) is 3.27. The number of piperidine rings is 1. The summed E-state index contributed by atoms with van der Waals surface area (Å²) in [5, 5.41) is 14.8. The van der Waals surface area contributed by atoms with Crippen molar-refractivity contribution in [1.29, 1.82) is 0 Å². The van der Waals surface area contributed by atoms with Crippen LogP contribution in [-0.2, 0) is 14.3 Å². The molecule has 0 aromatic carbocycles. The molecule has 2 amide bonds. The summed E-state index contributed by atoms with van der Waals surface area (Å²) in [7, 11) is 0. The average molecular weight is 258 g/mol. The third-order valence-corrected chi connectivity index (χ3v) is 2.79. The third-order valence-electron chi connectivity index (χ3n) is 2.79. The first-order valence-electron chi connectivity index (χ1n) is 6.46. The summed E-state index contributed by atoms with van der Waals surface area (Å²) >= 11 is 0. The van der Waals surface area contributed by atoms with Gasteiger partial charge in [0.15, 0.2) is 0 Å². The lowest BCUT2D eigenvalue weighted by Gasteiger charge is -2.23. The summed E-state index contributed by atoms with van der Waals surface area (Å²) in [5.41, 5.74) is 0.